The van der Waals surface area contributed by atoms with E-state index < -0.39 is 23.7 Å². The molecule has 0 aromatic rings. The number of rotatable bonds is 7. The average Bonchev–Trinajstić information content (AvgIpc) is 2.09. The summed E-state index contributed by atoms with van der Waals surface area (Å²) in [5.41, 5.74) is 0. The van der Waals surface area contributed by atoms with E-state index in [2.05, 4.69) is 0 Å². The normalized spacial score (nSPS) is 13.6. The van der Waals surface area contributed by atoms with Gasteiger partial charge >= 0.3 is 6.18 Å². The van der Waals surface area contributed by atoms with E-state index in [4.69, 9.17) is 0 Å². The number of alkyl halides is 3. The van der Waals surface area contributed by atoms with Crippen LogP contribution in [0.15, 0.2) is 0 Å². The van der Waals surface area contributed by atoms with Crippen LogP contribution in [0.3, 0.4) is 0 Å². The maximum absolute atomic E-state index is 12.4. The van der Waals surface area contributed by atoms with Crippen molar-refractivity contribution in [1.82, 2.24) is 0 Å². The topological polar surface area (TPSA) is 34.1 Å². The molecular weight excluding hydrogens is 221 g/mol. The molecule has 16 heavy (non-hydrogen) atoms. The number of unbranched alkanes of at least 4 members (excludes halogenated alkanes) is 3. The summed E-state index contributed by atoms with van der Waals surface area (Å²) in [4.78, 5) is 22.0. The highest BCUT2D eigenvalue weighted by Crippen LogP contribution is 2.29. The molecule has 0 aliphatic rings. The van der Waals surface area contributed by atoms with Crippen molar-refractivity contribution in [2.45, 2.75) is 52.1 Å². The van der Waals surface area contributed by atoms with Crippen LogP contribution >= 0.6 is 0 Å². The third-order valence-electron chi connectivity index (χ3n) is 2.33. The third kappa shape index (κ3) is 5.28. The number of carbonyl (C=O) groups is 2. The van der Waals surface area contributed by atoms with Crippen LogP contribution in [-0.2, 0) is 9.59 Å². The van der Waals surface area contributed by atoms with Crippen molar-refractivity contribution in [2.75, 3.05) is 0 Å². The summed E-state index contributed by atoms with van der Waals surface area (Å²) in [6, 6.07) is 0. The second-order valence-electron chi connectivity index (χ2n) is 3.86. The van der Waals surface area contributed by atoms with Gasteiger partial charge in [-0.1, -0.05) is 26.2 Å². The maximum atomic E-state index is 12.4. The first kappa shape index (κ1) is 15.1. The summed E-state index contributed by atoms with van der Waals surface area (Å²) in [7, 11) is 0. The molecule has 0 aliphatic carbocycles. The van der Waals surface area contributed by atoms with Crippen LogP contribution < -0.4 is 0 Å². The summed E-state index contributed by atoms with van der Waals surface area (Å²) >= 11 is 0. The Morgan fingerprint density at radius 2 is 1.69 bits per heavy atom. The highest BCUT2D eigenvalue weighted by Gasteiger charge is 2.47. The van der Waals surface area contributed by atoms with Crippen LogP contribution in [-0.4, -0.2) is 17.7 Å². The van der Waals surface area contributed by atoms with E-state index in [0.29, 0.717) is 6.42 Å². The molecule has 0 aromatic carbocycles. The second kappa shape index (κ2) is 6.66. The molecule has 5 heteroatoms. The molecule has 1 unspecified atom stereocenters. The highest BCUT2D eigenvalue weighted by atomic mass is 19.4. The predicted octanol–water partition coefficient (Wildman–Crippen LogP) is 3.29. The van der Waals surface area contributed by atoms with E-state index in [-0.39, 0.29) is 6.42 Å². The lowest BCUT2D eigenvalue weighted by Crippen LogP contribution is -2.36. The lowest BCUT2D eigenvalue weighted by molar-refractivity contribution is -0.184. The Morgan fingerprint density at radius 3 is 2.06 bits per heavy atom. The fourth-order valence-corrected chi connectivity index (χ4v) is 1.51. The molecule has 0 heterocycles. The molecular formula is C11H17F3O2. The van der Waals surface area contributed by atoms with E-state index in [1.54, 1.807) is 0 Å². The summed E-state index contributed by atoms with van der Waals surface area (Å²) in [6.07, 6.45) is -1.91. The van der Waals surface area contributed by atoms with E-state index in [0.717, 1.165) is 26.2 Å². The predicted molar refractivity (Wildman–Crippen MR) is 54.0 cm³/mol. The number of halogens is 3. The Hall–Kier alpha value is -0.870. The van der Waals surface area contributed by atoms with Crippen molar-refractivity contribution in [3.05, 3.63) is 0 Å². The first-order valence-corrected chi connectivity index (χ1v) is 5.40. The van der Waals surface area contributed by atoms with Crippen molar-refractivity contribution in [3.8, 4) is 0 Å². The molecule has 0 aromatic heterocycles. The third-order valence-corrected chi connectivity index (χ3v) is 2.33. The van der Waals surface area contributed by atoms with Crippen molar-refractivity contribution in [2.24, 2.45) is 5.92 Å². The quantitative estimate of drug-likeness (QED) is 0.503. The highest BCUT2D eigenvalue weighted by molar-refractivity contribution is 6.02. The monoisotopic (exact) mass is 238 g/mol. The Kier molecular flexibility index (Phi) is 6.29. The van der Waals surface area contributed by atoms with Gasteiger partial charge in [-0.15, -0.1) is 0 Å². The minimum Gasteiger partial charge on any atom is -0.299 e. The Balaban J connectivity index is 4.26. The summed E-state index contributed by atoms with van der Waals surface area (Å²) in [6.45, 7) is 2.78. The van der Waals surface area contributed by atoms with Crippen molar-refractivity contribution >= 4 is 11.6 Å². The van der Waals surface area contributed by atoms with Gasteiger partial charge in [0.05, 0.1) is 0 Å². The van der Waals surface area contributed by atoms with Gasteiger partial charge in [0.25, 0.3) is 0 Å². The van der Waals surface area contributed by atoms with E-state index in [1.807, 2.05) is 6.92 Å². The molecule has 0 spiro atoms. The Morgan fingerprint density at radius 1 is 1.12 bits per heavy atom. The molecule has 0 bridgehead atoms. The van der Waals surface area contributed by atoms with Crippen LogP contribution in [0.1, 0.15) is 46.0 Å². The molecule has 0 saturated heterocycles. The minimum absolute atomic E-state index is 0.163. The number of Topliss-reactive ketones (excluding diaryl/α,β-unsaturated/α-hetero) is 2. The Bertz CT molecular complexity index is 246. The van der Waals surface area contributed by atoms with Crippen LogP contribution in [0, 0.1) is 5.92 Å². The molecule has 2 nitrogen and oxygen atoms in total. The van der Waals surface area contributed by atoms with Crippen molar-refractivity contribution < 1.29 is 22.8 Å². The standard InChI is InChI=1S/C11H17F3O2/c1-3-4-5-6-7-9(16)10(8(2)15)11(12,13)14/h10H,3-7H2,1-2H3. The average molecular weight is 238 g/mol. The second-order valence-corrected chi connectivity index (χ2v) is 3.86. The fourth-order valence-electron chi connectivity index (χ4n) is 1.51. The van der Waals surface area contributed by atoms with Crippen LogP contribution in [0.4, 0.5) is 13.2 Å². The van der Waals surface area contributed by atoms with E-state index in [1.165, 1.54) is 0 Å². The minimum atomic E-state index is -4.74. The number of hydrogen-bond donors (Lipinski definition) is 0. The van der Waals surface area contributed by atoms with Crippen molar-refractivity contribution in [3.63, 3.8) is 0 Å². The first-order valence-electron chi connectivity index (χ1n) is 5.40. The Labute approximate surface area is 93.2 Å². The lowest BCUT2D eigenvalue weighted by atomic mass is 9.95. The largest absolute Gasteiger partial charge is 0.405 e. The van der Waals surface area contributed by atoms with Gasteiger partial charge in [-0.2, -0.15) is 13.2 Å². The summed E-state index contributed by atoms with van der Waals surface area (Å²) in [5.74, 6) is -4.54. The SMILES string of the molecule is CCCCCCC(=O)C(C(C)=O)C(F)(F)F. The summed E-state index contributed by atoms with van der Waals surface area (Å²) < 4.78 is 37.1. The van der Waals surface area contributed by atoms with E-state index >= 15 is 0 Å². The zero-order valence-electron chi connectivity index (χ0n) is 9.56. The van der Waals surface area contributed by atoms with Gasteiger partial charge in [0, 0.05) is 6.42 Å². The molecule has 0 radical (unpaired) electrons. The molecule has 0 rings (SSSR count). The number of carbonyl (C=O) groups excluding carboxylic acids is 2. The van der Waals surface area contributed by atoms with Gasteiger partial charge in [0.1, 0.15) is 5.78 Å². The van der Waals surface area contributed by atoms with Gasteiger partial charge in [0.15, 0.2) is 11.7 Å². The van der Waals surface area contributed by atoms with Crippen LogP contribution in [0.5, 0.6) is 0 Å². The molecule has 0 amide bonds. The number of hydrogen-bond acceptors (Lipinski definition) is 2. The summed E-state index contributed by atoms with van der Waals surface area (Å²) in [5, 5.41) is 0. The van der Waals surface area contributed by atoms with E-state index in [9.17, 15) is 22.8 Å². The zero-order valence-corrected chi connectivity index (χ0v) is 9.56. The fraction of sp³-hybridized carbons (Fsp3) is 0.818. The van der Waals surface area contributed by atoms with Crippen LogP contribution in [0.25, 0.3) is 0 Å². The van der Waals surface area contributed by atoms with Gasteiger partial charge in [-0.05, 0) is 13.3 Å². The molecule has 0 N–H and O–H groups in total. The molecule has 0 saturated carbocycles. The maximum Gasteiger partial charge on any atom is 0.405 e. The molecule has 0 aliphatic heterocycles. The first-order chi connectivity index (χ1) is 7.30. The van der Waals surface area contributed by atoms with Gasteiger partial charge in [-0.25, -0.2) is 0 Å². The molecule has 94 valence electrons. The van der Waals surface area contributed by atoms with Crippen LogP contribution in [0.2, 0.25) is 0 Å². The van der Waals surface area contributed by atoms with Gasteiger partial charge in [-0.3, -0.25) is 9.59 Å². The zero-order chi connectivity index (χ0) is 12.8. The van der Waals surface area contributed by atoms with Gasteiger partial charge < -0.3 is 0 Å². The van der Waals surface area contributed by atoms with Gasteiger partial charge in [0.2, 0.25) is 0 Å². The lowest BCUT2D eigenvalue weighted by Gasteiger charge is -2.15. The molecule has 1 atom stereocenters. The van der Waals surface area contributed by atoms with Crippen molar-refractivity contribution in [1.29, 1.82) is 0 Å². The number of ketones is 2. The smallest absolute Gasteiger partial charge is 0.299 e. The molecule has 0 fully saturated rings.